The molecule has 0 amide bonds. The zero-order valence-corrected chi connectivity index (χ0v) is 17.7. The zero-order chi connectivity index (χ0) is 22.0. The maximum atomic E-state index is 8.88. The Kier molecular flexibility index (Phi) is 9.50. The van der Waals surface area contributed by atoms with Crippen molar-refractivity contribution in [1.29, 1.82) is 0 Å². The smallest absolute Gasteiger partial charge is 0.466 e. The summed E-state index contributed by atoms with van der Waals surface area (Å²) in [4.78, 5) is 21.6. The monoisotopic (exact) mass is 428 g/mol. The molecule has 3 N–H and O–H groups in total. The van der Waals surface area contributed by atoms with Gasteiger partial charge in [0.25, 0.3) is 0 Å². The lowest BCUT2D eigenvalue weighted by atomic mass is 10.1. The molecule has 0 aliphatic carbocycles. The van der Waals surface area contributed by atoms with Crippen LogP contribution < -0.4 is 23.7 Å². The number of rotatable bonds is 7. The van der Waals surface area contributed by atoms with Crippen LogP contribution in [0, 0.1) is 0 Å². The van der Waals surface area contributed by atoms with Gasteiger partial charge in [0.2, 0.25) is 5.75 Å². The van der Waals surface area contributed by atoms with Crippen molar-refractivity contribution < 1.29 is 42.9 Å². The molecule has 0 saturated heterocycles. The number of hydrogen-bond donors (Lipinski definition) is 3. The van der Waals surface area contributed by atoms with Gasteiger partial charge < -0.3 is 38.4 Å². The van der Waals surface area contributed by atoms with Crippen LogP contribution in [0.15, 0.2) is 30.3 Å². The van der Waals surface area contributed by atoms with Gasteiger partial charge in [-0.15, -0.1) is 0 Å². The van der Waals surface area contributed by atoms with Gasteiger partial charge in [0.1, 0.15) is 0 Å². The van der Waals surface area contributed by atoms with Crippen molar-refractivity contribution in [3.8, 4) is 28.7 Å². The van der Waals surface area contributed by atoms with Crippen LogP contribution in [0.5, 0.6) is 28.7 Å². The molecule has 0 aliphatic rings. The van der Waals surface area contributed by atoms with Gasteiger partial charge in [-0.2, -0.15) is 0 Å². The molecular formula is C19H25O9P. The summed E-state index contributed by atoms with van der Waals surface area (Å²) in [6, 6.07) is 9.51. The van der Waals surface area contributed by atoms with Crippen LogP contribution in [0.3, 0.4) is 0 Å². The van der Waals surface area contributed by atoms with Crippen LogP contribution in [0.25, 0.3) is 12.2 Å². The van der Waals surface area contributed by atoms with E-state index in [0.29, 0.717) is 28.7 Å². The van der Waals surface area contributed by atoms with E-state index in [1.165, 1.54) is 0 Å². The second-order valence-electron chi connectivity index (χ2n) is 5.42. The first kappa shape index (κ1) is 24.3. The SMILES string of the molecule is COc1ccc(C=Cc2cc(OC)c(OC)c(OC)c2)cc1OC.O=P(O)(O)O. The fourth-order valence-corrected chi connectivity index (χ4v) is 2.35. The van der Waals surface area contributed by atoms with Gasteiger partial charge in [0.15, 0.2) is 23.0 Å². The molecule has 0 aromatic heterocycles. The summed E-state index contributed by atoms with van der Waals surface area (Å²) >= 11 is 0. The maximum Gasteiger partial charge on any atom is 0.466 e. The Bertz CT molecular complexity index is 841. The molecule has 0 spiro atoms. The molecule has 0 unspecified atom stereocenters. The standard InChI is InChI=1S/C19H22O5.H3O4P/c1-20-15-9-8-13(10-16(15)21-2)6-7-14-11-17(22-3)19(24-5)18(12-14)23-4;1-5(2,3)4/h6-12H,1-5H3;(H3,1,2,3,4). The third-order valence-corrected chi connectivity index (χ3v) is 3.56. The highest BCUT2D eigenvalue weighted by molar-refractivity contribution is 7.45. The van der Waals surface area contributed by atoms with Gasteiger partial charge in [-0.25, -0.2) is 4.57 Å². The molecule has 2 aromatic rings. The van der Waals surface area contributed by atoms with Crippen LogP contribution in [-0.2, 0) is 4.57 Å². The van der Waals surface area contributed by atoms with Crippen molar-refractivity contribution in [1.82, 2.24) is 0 Å². The van der Waals surface area contributed by atoms with Crippen LogP contribution >= 0.6 is 7.82 Å². The molecule has 2 rings (SSSR count). The molecule has 0 radical (unpaired) electrons. The minimum absolute atomic E-state index is 0.572. The van der Waals surface area contributed by atoms with E-state index in [1.54, 1.807) is 35.5 Å². The number of methoxy groups -OCH3 is 5. The van der Waals surface area contributed by atoms with Gasteiger partial charge >= 0.3 is 7.82 Å². The summed E-state index contributed by atoms with van der Waals surface area (Å²) in [6.45, 7) is 0. The van der Waals surface area contributed by atoms with Crippen molar-refractivity contribution in [2.24, 2.45) is 0 Å². The summed E-state index contributed by atoms with van der Waals surface area (Å²) in [7, 11) is 3.37. The van der Waals surface area contributed by atoms with Crippen molar-refractivity contribution in [3.05, 3.63) is 41.5 Å². The first-order valence-corrected chi connectivity index (χ1v) is 9.71. The number of benzene rings is 2. The van der Waals surface area contributed by atoms with E-state index < -0.39 is 7.82 Å². The summed E-state index contributed by atoms with van der Waals surface area (Å²) in [6.07, 6.45) is 3.94. The molecular weight excluding hydrogens is 403 g/mol. The highest BCUT2D eigenvalue weighted by Gasteiger charge is 2.12. The van der Waals surface area contributed by atoms with Crippen LogP contribution in [0.2, 0.25) is 0 Å². The van der Waals surface area contributed by atoms with Crippen molar-refractivity contribution in [2.45, 2.75) is 0 Å². The first-order valence-electron chi connectivity index (χ1n) is 8.15. The van der Waals surface area contributed by atoms with Gasteiger partial charge in [-0.3, -0.25) is 0 Å². The minimum atomic E-state index is -4.64. The summed E-state index contributed by atoms with van der Waals surface area (Å²) in [5, 5.41) is 0. The zero-order valence-electron chi connectivity index (χ0n) is 16.8. The Morgan fingerprint density at radius 3 is 1.48 bits per heavy atom. The molecule has 0 fully saturated rings. The second-order valence-corrected chi connectivity index (χ2v) is 6.45. The second kappa shape index (κ2) is 11.3. The number of hydrogen-bond acceptors (Lipinski definition) is 6. The average molecular weight is 428 g/mol. The van der Waals surface area contributed by atoms with E-state index in [9.17, 15) is 0 Å². The average Bonchev–Trinajstić information content (AvgIpc) is 2.69. The molecule has 10 heteroatoms. The fraction of sp³-hybridized carbons (Fsp3) is 0.263. The topological polar surface area (TPSA) is 124 Å². The lowest BCUT2D eigenvalue weighted by Crippen LogP contribution is -1.95. The number of ether oxygens (including phenoxy) is 5. The highest BCUT2D eigenvalue weighted by atomic mass is 31.2. The van der Waals surface area contributed by atoms with Gasteiger partial charge in [0.05, 0.1) is 35.5 Å². The van der Waals surface area contributed by atoms with E-state index in [2.05, 4.69) is 0 Å². The minimum Gasteiger partial charge on any atom is -0.493 e. The lowest BCUT2D eigenvalue weighted by molar-refractivity contribution is 0.275. The van der Waals surface area contributed by atoms with Crippen LogP contribution in [-0.4, -0.2) is 50.2 Å². The normalized spacial score (nSPS) is 10.8. The molecule has 0 aliphatic heterocycles. The van der Waals surface area contributed by atoms with Crippen LogP contribution in [0.1, 0.15) is 11.1 Å². The quantitative estimate of drug-likeness (QED) is 0.451. The van der Waals surface area contributed by atoms with Gasteiger partial charge in [0, 0.05) is 0 Å². The Hall–Kier alpha value is -2.71. The Morgan fingerprint density at radius 1 is 0.655 bits per heavy atom. The van der Waals surface area contributed by atoms with E-state index in [0.717, 1.165) is 11.1 Å². The fourth-order valence-electron chi connectivity index (χ4n) is 2.35. The van der Waals surface area contributed by atoms with Gasteiger partial charge in [-0.1, -0.05) is 18.2 Å². The third kappa shape index (κ3) is 8.05. The molecule has 0 saturated carbocycles. The number of phosphoric acid groups is 1. The van der Waals surface area contributed by atoms with E-state index in [4.69, 9.17) is 42.9 Å². The Morgan fingerprint density at radius 2 is 1.07 bits per heavy atom. The Balaban J connectivity index is 0.000000749. The predicted octanol–water partition coefficient (Wildman–Crippen LogP) is 2.97. The van der Waals surface area contributed by atoms with E-state index >= 15 is 0 Å². The summed E-state index contributed by atoms with van der Waals surface area (Å²) in [5.41, 5.74) is 1.92. The van der Waals surface area contributed by atoms with Crippen molar-refractivity contribution >= 4 is 20.0 Å². The maximum absolute atomic E-state index is 8.88. The van der Waals surface area contributed by atoms with Crippen molar-refractivity contribution in [3.63, 3.8) is 0 Å². The molecule has 160 valence electrons. The molecule has 29 heavy (non-hydrogen) atoms. The predicted molar refractivity (Wildman–Crippen MR) is 109 cm³/mol. The molecule has 0 heterocycles. The molecule has 0 bridgehead atoms. The Labute approximate surface area is 169 Å². The van der Waals surface area contributed by atoms with Gasteiger partial charge in [-0.05, 0) is 35.4 Å². The molecule has 9 nitrogen and oxygen atoms in total. The summed E-state index contributed by atoms with van der Waals surface area (Å²) in [5.74, 6) is 3.18. The van der Waals surface area contributed by atoms with Crippen molar-refractivity contribution in [2.75, 3.05) is 35.5 Å². The molecule has 0 atom stereocenters. The molecule has 2 aromatic carbocycles. The van der Waals surface area contributed by atoms with E-state index in [-0.39, 0.29) is 0 Å². The largest absolute Gasteiger partial charge is 0.493 e. The third-order valence-electron chi connectivity index (χ3n) is 3.56. The lowest BCUT2D eigenvalue weighted by Gasteiger charge is -2.13. The van der Waals surface area contributed by atoms with Crippen LogP contribution in [0.4, 0.5) is 0 Å². The van der Waals surface area contributed by atoms with E-state index in [1.807, 2.05) is 42.5 Å². The first-order chi connectivity index (χ1) is 13.7. The highest BCUT2D eigenvalue weighted by Crippen LogP contribution is 2.38. The summed E-state index contributed by atoms with van der Waals surface area (Å²) < 4.78 is 35.5.